The van der Waals surface area contributed by atoms with Crippen LogP contribution in [0.5, 0.6) is 0 Å². The van der Waals surface area contributed by atoms with Gasteiger partial charge in [-0.1, -0.05) is 34.8 Å². The fourth-order valence-corrected chi connectivity index (χ4v) is 13.8. The second-order valence-electron chi connectivity index (χ2n) is 29.3. The van der Waals surface area contributed by atoms with E-state index >= 15 is 0 Å². The zero-order valence-corrected chi connectivity index (χ0v) is 75.8. The van der Waals surface area contributed by atoms with Crippen LogP contribution in [-0.4, -0.2) is 285 Å². The minimum atomic E-state index is -0.657. The Morgan fingerprint density at radius 3 is 1.11 bits per heavy atom. The van der Waals surface area contributed by atoms with Crippen LogP contribution in [0.25, 0.3) is 11.2 Å². The molecule has 0 spiro atoms. The van der Waals surface area contributed by atoms with Crippen LogP contribution in [0.1, 0.15) is 122 Å². The highest BCUT2D eigenvalue weighted by Gasteiger charge is 2.32. The number of carbonyl (C=O) groups is 6. The number of piperidine rings is 5. The lowest BCUT2D eigenvalue weighted by molar-refractivity contribution is -0.386. The molecule has 0 unspecified atom stereocenters. The Bertz CT molecular complexity index is 4410. The first-order valence-corrected chi connectivity index (χ1v) is 42.0. The minimum absolute atomic E-state index is 0.00257. The molecule has 5 aliphatic heterocycles. The number of nitrogens with zero attached hydrogens (tertiary/aromatic N) is 17. The molecule has 5 fully saturated rings. The Morgan fingerprint density at radius 1 is 0.460 bits per heavy atom. The lowest BCUT2D eigenvalue weighted by Gasteiger charge is -2.31. The molecule has 44 heteroatoms. The maximum Gasteiger partial charge on any atom is 0.507 e. The molecular weight excluding hydrogens is 1680 g/mol. The highest BCUT2D eigenvalue weighted by molar-refractivity contribution is 6.33. The number of methoxy groups -OCH3 is 2. The van der Waals surface area contributed by atoms with Crippen molar-refractivity contribution in [1.82, 2.24) is 64.3 Å². The number of amides is 5. The molecule has 0 bridgehead atoms. The molecule has 6 N–H and O–H groups in total. The van der Waals surface area contributed by atoms with Gasteiger partial charge in [-0.05, 0) is 192 Å². The van der Waals surface area contributed by atoms with Gasteiger partial charge in [0.05, 0.1) is 78.9 Å². The van der Waals surface area contributed by atoms with Gasteiger partial charge in [0.25, 0.3) is 11.4 Å². The van der Waals surface area contributed by atoms with Gasteiger partial charge in [0.2, 0.25) is 5.15 Å². The number of nitro groups is 3. The van der Waals surface area contributed by atoms with Crippen LogP contribution in [-0.2, 0) is 52.4 Å². The average Bonchev–Trinajstić information content (AvgIpc) is 1.68. The van der Waals surface area contributed by atoms with Crippen LogP contribution in [0.4, 0.5) is 69.0 Å². The SMILES string of the molecule is CCOC(=O)N1CCC(Cc2nc(Cl)ccc2[N+](=O)[O-])CC1.CCOC(=O)N1CCC(Cc2nc(N(C)C)ccc2N)CC1.CCOC(=O)N1CCC(Cc2nc(N(C)C)ccc2[N+](=O)[O-])CC1.CCOC(=O)N1CCC(N)CC1.CCOC(=O)N1CCC(n2c(=O)[nH]c3ccc(N(C)C)nc32)CC1.CNC.COC(=O)OC.O=[N+]([O-])c1ccc(Cl)nc1Cl. The van der Waals surface area contributed by atoms with Gasteiger partial charge < -0.3 is 94.1 Å². The third kappa shape index (κ3) is 35.2. The van der Waals surface area contributed by atoms with E-state index in [-0.39, 0.29) is 97.5 Å². The summed E-state index contributed by atoms with van der Waals surface area (Å²) in [6, 6.07) is 16.4. The molecule has 0 aromatic carbocycles. The van der Waals surface area contributed by atoms with E-state index in [0.29, 0.717) is 127 Å². The first kappa shape index (κ1) is 105. The number of aromatic nitrogens is 7. The van der Waals surface area contributed by atoms with Crippen molar-refractivity contribution in [2.24, 2.45) is 23.5 Å². The van der Waals surface area contributed by atoms with Gasteiger partial charge >= 0.3 is 48.0 Å². The molecule has 11 heterocycles. The fourth-order valence-electron chi connectivity index (χ4n) is 13.2. The molecule has 0 radical (unpaired) electrons. The summed E-state index contributed by atoms with van der Waals surface area (Å²) in [6.07, 6.45) is 8.23. The summed E-state index contributed by atoms with van der Waals surface area (Å²) >= 11 is 16.6. The standard InChI is InChI=1S/C16H23N5O3.C16H24N4O4.C16H26N4O2.C14H18ClN3O4.C8H16N2O2.C5H2Cl2N2O2.C3H6O3.C2H7N/c1-4-24-16(23)20-9-7-11(8-10-20)21-14-12(17-15(21)22)5-6-13(18-14)19(2)3;1-4-24-16(21)19-9-7-12(8-10-19)11-13-14(20(22)23)5-6-15(17-13)18(2)3;1-4-22-16(21)20-9-7-12(8-10-20)11-14-13(17)5-6-15(18-14)19(2)3;1-2-22-14(19)17-7-5-10(6-8-17)9-11-12(18(20)21)3-4-13(15)16-11;1-2-12-8(11)10-5-3-7(9)4-6-10;6-4-2-1-3(9(10)11)5(7)8-4;1-5-3(4)6-2;1-3-2/h5-6,11H,4,7-10H2,1-3H3,(H,17,22);5-6,12H,4,7-11H2,1-3H3;5-6,12H,4,7-11,17H2,1-3H3;3-4,10H,2,5-9H2,1H3;7H,2-6,9H2,1H3;1-2H;1-2H3;3H,1-2H3. The first-order valence-electron chi connectivity index (χ1n) is 40.9. The normalized spacial score (nSPS) is 14.8. The maximum absolute atomic E-state index is 12.4. The summed E-state index contributed by atoms with van der Waals surface area (Å²) in [5, 5.41) is 35.4. The van der Waals surface area contributed by atoms with Crippen molar-refractivity contribution < 1.29 is 76.7 Å². The number of carbonyl (C=O) groups excluding carboxylic acids is 6. The van der Waals surface area contributed by atoms with Crippen molar-refractivity contribution in [3.8, 4) is 0 Å². The van der Waals surface area contributed by atoms with Gasteiger partial charge in [0.1, 0.15) is 39.1 Å². The first-order chi connectivity index (χ1) is 59.0. The molecule has 0 atom stereocenters. The number of pyridine rings is 5. The van der Waals surface area contributed by atoms with E-state index in [1.165, 1.54) is 44.6 Å². The zero-order chi connectivity index (χ0) is 92.3. The van der Waals surface area contributed by atoms with E-state index in [2.05, 4.69) is 44.7 Å². The Morgan fingerprint density at radius 2 is 0.766 bits per heavy atom. The minimum Gasteiger partial charge on any atom is -0.450 e. The van der Waals surface area contributed by atoms with Crippen LogP contribution in [0.3, 0.4) is 0 Å². The van der Waals surface area contributed by atoms with Gasteiger partial charge in [-0.2, -0.15) is 0 Å². The van der Waals surface area contributed by atoms with Crippen molar-refractivity contribution in [3.63, 3.8) is 0 Å². The number of nitrogens with one attached hydrogen (secondary N) is 2. The Labute approximate surface area is 737 Å². The van der Waals surface area contributed by atoms with Gasteiger partial charge in [-0.3, -0.25) is 34.9 Å². The number of imidazole rings is 1. The molecule has 6 aromatic heterocycles. The van der Waals surface area contributed by atoms with Gasteiger partial charge in [0, 0.05) is 138 Å². The van der Waals surface area contributed by atoms with E-state index in [0.717, 1.165) is 113 Å². The van der Waals surface area contributed by atoms with E-state index in [1.807, 2.05) is 109 Å². The number of rotatable bonds is 18. The van der Waals surface area contributed by atoms with Crippen LogP contribution in [0.15, 0.2) is 65.5 Å². The summed E-state index contributed by atoms with van der Waals surface area (Å²) in [4.78, 5) is 150. The Hall–Kier alpha value is -11.2. The smallest absolute Gasteiger partial charge is 0.450 e. The predicted octanol–water partition coefficient (Wildman–Crippen LogP) is 12.3. The maximum atomic E-state index is 12.4. The molecule has 11 rings (SSSR count). The number of nitrogens with two attached hydrogens (primary N) is 2. The van der Waals surface area contributed by atoms with Crippen LogP contribution >= 0.6 is 34.8 Å². The molecular formula is C80H122Cl3N21O20. The molecule has 6 aromatic rings. The average molecular weight is 1800 g/mol. The highest BCUT2D eigenvalue weighted by atomic mass is 35.5. The third-order valence-corrected chi connectivity index (χ3v) is 20.5. The van der Waals surface area contributed by atoms with Crippen molar-refractivity contribution in [1.29, 1.82) is 0 Å². The third-order valence-electron chi connectivity index (χ3n) is 19.8. The number of aromatic amines is 1. The molecule has 41 nitrogen and oxygen atoms in total. The molecule has 5 amide bonds. The number of ether oxygens (including phenoxy) is 7. The van der Waals surface area contributed by atoms with Crippen LogP contribution in [0, 0.1) is 48.1 Å². The predicted molar refractivity (Wildman–Crippen MR) is 472 cm³/mol. The highest BCUT2D eigenvalue weighted by Crippen LogP contribution is 2.32. The summed E-state index contributed by atoms with van der Waals surface area (Å²) in [7, 11) is 17.8. The van der Waals surface area contributed by atoms with Gasteiger partial charge in [-0.15, -0.1) is 0 Å². The molecule has 0 aliphatic carbocycles. The number of anilines is 4. The van der Waals surface area contributed by atoms with E-state index in [9.17, 15) is 63.9 Å². The number of halogens is 3. The van der Waals surface area contributed by atoms with E-state index < -0.39 is 16.0 Å². The molecule has 688 valence electrons. The Balaban J connectivity index is 0.000000311. The van der Waals surface area contributed by atoms with Gasteiger partial charge in [-0.25, -0.2) is 58.5 Å². The van der Waals surface area contributed by atoms with Crippen molar-refractivity contribution >= 4 is 123 Å². The van der Waals surface area contributed by atoms with Crippen LogP contribution < -0.4 is 37.2 Å². The number of nitrogen functional groups attached to an aromatic ring is 1. The lowest BCUT2D eigenvalue weighted by Crippen LogP contribution is -2.43. The Kier molecular flexibility index (Phi) is 46.8. The van der Waals surface area contributed by atoms with Crippen molar-refractivity contribution in [2.75, 3.05) is 190 Å². The lowest BCUT2D eigenvalue weighted by atomic mass is 9.91. The second-order valence-corrected chi connectivity index (χ2v) is 30.4. The number of fused-ring (bicyclic) bond motifs is 1. The molecule has 5 aliphatic rings. The summed E-state index contributed by atoms with van der Waals surface area (Å²) < 4.78 is 34.7. The largest absolute Gasteiger partial charge is 0.507 e. The molecule has 124 heavy (non-hydrogen) atoms. The second kappa shape index (κ2) is 55.1. The zero-order valence-electron chi connectivity index (χ0n) is 73.5. The number of hydrogen-bond acceptors (Lipinski definition) is 31. The fraction of sp³-hybridized carbons (Fsp3) is 0.600. The number of likely N-dealkylation sites (tertiary alicyclic amines) is 5. The molecule has 0 saturated carbocycles. The van der Waals surface area contributed by atoms with Gasteiger partial charge in [0.15, 0.2) is 5.65 Å². The van der Waals surface area contributed by atoms with Crippen molar-refractivity contribution in [2.45, 2.75) is 130 Å². The van der Waals surface area contributed by atoms with E-state index in [1.54, 1.807) is 55.9 Å². The van der Waals surface area contributed by atoms with E-state index in [4.69, 9.17) is 70.0 Å². The topological polar surface area (TPSA) is 489 Å². The van der Waals surface area contributed by atoms with Crippen LogP contribution in [0.2, 0.25) is 15.5 Å². The summed E-state index contributed by atoms with van der Waals surface area (Å²) in [6.45, 7) is 17.5. The summed E-state index contributed by atoms with van der Waals surface area (Å²) in [5.74, 6) is 3.47. The molecule has 5 saturated heterocycles. The quantitative estimate of drug-likeness (QED) is 0.0204. The van der Waals surface area contributed by atoms with Crippen molar-refractivity contribution in [3.05, 3.63) is 134 Å². The summed E-state index contributed by atoms with van der Waals surface area (Å²) in [5.41, 5.74) is 15.5. The number of H-pyrrole nitrogens is 1. The number of hydrogen-bond donors (Lipinski definition) is 4. The monoisotopic (exact) mass is 1800 g/mol.